The van der Waals surface area contributed by atoms with E-state index in [1.165, 1.54) is 50.0 Å². The maximum absolute atomic E-state index is 14.6. The molecule has 2 aromatic rings. The highest BCUT2D eigenvalue weighted by atomic mass is 32.1. The van der Waals surface area contributed by atoms with Crippen molar-refractivity contribution in [3.8, 4) is 0 Å². The van der Waals surface area contributed by atoms with Gasteiger partial charge in [-0.1, -0.05) is 57.2 Å². The van der Waals surface area contributed by atoms with Crippen LogP contribution in [0.5, 0.6) is 0 Å². The molecule has 0 bridgehead atoms. The molecular formula is C29H43FN4S2. The third-order valence-electron chi connectivity index (χ3n) is 8.50. The lowest BCUT2D eigenvalue weighted by Gasteiger charge is -2.28. The van der Waals surface area contributed by atoms with Gasteiger partial charge in [-0.15, -0.1) is 11.3 Å². The van der Waals surface area contributed by atoms with Gasteiger partial charge in [0.1, 0.15) is 5.82 Å². The molecule has 2 atom stereocenters. The van der Waals surface area contributed by atoms with Crippen molar-refractivity contribution < 1.29 is 4.39 Å². The van der Waals surface area contributed by atoms with Gasteiger partial charge in [0.15, 0.2) is 5.11 Å². The molecular weight excluding hydrogens is 487 g/mol. The molecule has 2 unspecified atom stereocenters. The Balaban J connectivity index is 0.000000233. The van der Waals surface area contributed by atoms with Gasteiger partial charge in [0.25, 0.3) is 0 Å². The Morgan fingerprint density at radius 3 is 2.56 bits per heavy atom. The first-order valence-electron chi connectivity index (χ1n) is 13.8. The molecule has 3 aliphatic rings. The number of halogens is 1. The van der Waals surface area contributed by atoms with Crippen molar-refractivity contribution in [1.29, 1.82) is 0 Å². The number of rotatable bonds is 3. The lowest BCUT2D eigenvalue weighted by molar-refractivity contribution is 0.346. The summed E-state index contributed by atoms with van der Waals surface area (Å²) < 4.78 is 14.6. The fourth-order valence-corrected chi connectivity index (χ4v) is 7.46. The number of benzene rings is 1. The third-order valence-corrected chi connectivity index (χ3v) is 9.76. The zero-order valence-corrected chi connectivity index (χ0v) is 23.7. The number of thiazole rings is 1. The highest BCUT2D eigenvalue weighted by Crippen LogP contribution is 2.48. The van der Waals surface area contributed by atoms with Gasteiger partial charge in [-0.3, -0.25) is 0 Å². The molecule has 0 spiro atoms. The van der Waals surface area contributed by atoms with E-state index in [0.717, 1.165) is 62.6 Å². The van der Waals surface area contributed by atoms with E-state index in [1.807, 2.05) is 23.5 Å². The molecule has 2 heterocycles. The average Bonchev–Trinajstić information content (AvgIpc) is 3.44. The Hall–Kier alpha value is -1.57. The summed E-state index contributed by atoms with van der Waals surface area (Å²) in [7, 11) is 2.13. The van der Waals surface area contributed by atoms with E-state index in [0.29, 0.717) is 11.0 Å². The predicted molar refractivity (Wildman–Crippen MR) is 153 cm³/mol. The summed E-state index contributed by atoms with van der Waals surface area (Å²) in [6, 6.07) is 7.35. The molecule has 1 aromatic heterocycles. The van der Waals surface area contributed by atoms with Crippen LogP contribution in [0.4, 0.5) is 4.39 Å². The average molecular weight is 531 g/mol. The van der Waals surface area contributed by atoms with E-state index in [-0.39, 0.29) is 11.2 Å². The smallest absolute Gasteiger partial charge is 0.166 e. The zero-order valence-electron chi connectivity index (χ0n) is 22.1. The Bertz CT molecular complexity index is 987. The lowest BCUT2D eigenvalue weighted by atomic mass is 9.76. The molecule has 36 heavy (non-hydrogen) atoms. The minimum Gasteiger partial charge on any atom is -0.376 e. The van der Waals surface area contributed by atoms with Crippen LogP contribution < -0.4 is 5.73 Å². The van der Waals surface area contributed by atoms with Crippen molar-refractivity contribution >= 4 is 28.7 Å². The van der Waals surface area contributed by atoms with Crippen LogP contribution in [0.1, 0.15) is 93.3 Å². The van der Waals surface area contributed by atoms with Crippen LogP contribution >= 0.6 is 23.6 Å². The summed E-state index contributed by atoms with van der Waals surface area (Å²) in [5, 5.41) is 4.08. The summed E-state index contributed by atoms with van der Waals surface area (Å²) in [5.74, 6) is 1.40. The molecule has 2 aliphatic carbocycles. The van der Waals surface area contributed by atoms with Crippen LogP contribution in [0.3, 0.4) is 0 Å². The molecule has 1 aliphatic heterocycles. The van der Waals surface area contributed by atoms with E-state index >= 15 is 0 Å². The lowest BCUT2D eigenvalue weighted by Crippen LogP contribution is -2.37. The first kappa shape index (κ1) is 27.5. The minimum atomic E-state index is -0.196. The maximum Gasteiger partial charge on any atom is 0.166 e. The Kier molecular flexibility index (Phi) is 9.76. The SMILES string of the molecule is CC1CCCC(c2nc(C3(c4ccccc4F)CCCC3)cs2)CC1.CN1CCCN(C(N)=S)CC1. The van der Waals surface area contributed by atoms with Crippen molar-refractivity contribution in [2.24, 2.45) is 11.7 Å². The molecule has 1 aromatic carbocycles. The molecule has 1 saturated heterocycles. The van der Waals surface area contributed by atoms with Crippen LogP contribution in [0, 0.1) is 11.7 Å². The van der Waals surface area contributed by atoms with E-state index < -0.39 is 0 Å². The Morgan fingerprint density at radius 2 is 1.81 bits per heavy atom. The quantitative estimate of drug-likeness (QED) is 0.354. The highest BCUT2D eigenvalue weighted by Gasteiger charge is 2.41. The molecule has 5 rings (SSSR count). The summed E-state index contributed by atoms with van der Waals surface area (Å²) in [4.78, 5) is 9.50. The van der Waals surface area contributed by atoms with Crippen molar-refractivity contribution in [2.45, 2.75) is 82.5 Å². The highest BCUT2D eigenvalue weighted by molar-refractivity contribution is 7.80. The minimum absolute atomic E-state index is 0.0674. The van der Waals surface area contributed by atoms with Gasteiger partial charge in [0, 0.05) is 36.3 Å². The van der Waals surface area contributed by atoms with Gasteiger partial charge in [0.05, 0.1) is 10.7 Å². The van der Waals surface area contributed by atoms with E-state index in [1.54, 1.807) is 12.1 Å². The number of nitrogens with zero attached hydrogens (tertiary/aromatic N) is 3. The standard InChI is InChI=1S/C22H28FNS.C7H15N3S/c1-16-7-6-8-17(12-11-16)21-24-20(15-25-21)22(13-4-5-14-22)18-9-2-3-10-19(18)23;1-9-3-2-4-10(6-5-9)7(8)11/h2-3,9-10,15-17H,4-8,11-14H2,1H3;2-6H2,1H3,(H2,8,11). The van der Waals surface area contributed by atoms with Crippen LogP contribution in [0.25, 0.3) is 0 Å². The summed E-state index contributed by atoms with van der Waals surface area (Å²) in [6.07, 6.45) is 12.1. The van der Waals surface area contributed by atoms with Gasteiger partial charge >= 0.3 is 0 Å². The summed E-state index contributed by atoms with van der Waals surface area (Å²) in [5.41, 5.74) is 7.32. The topological polar surface area (TPSA) is 45.4 Å². The second-order valence-electron chi connectivity index (χ2n) is 11.1. The summed E-state index contributed by atoms with van der Waals surface area (Å²) >= 11 is 6.72. The predicted octanol–water partition coefficient (Wildman–Crippen LogP) is 6.69. The van der Waals surface area contributed by atoms with Crippen molar-refractivity contribution in [3.05, 3.63) is 51.7 Å². The number of likely N-dealkylation sites (N-methyl/N-ethyl adjacent to an activating group) is 1. The third kappa shape index (κ3) is 6.65. The first-order valence-corrected chi connectivity index (χ1v) is 15.1. The van der Waals surface area contributed by atoms with Crippen molar-refractivity contribution in [2.75, 3.05) is 33.2 Å². The second-order valence-corrected chi connectivity index (χ2v) is 12.4. The number of hydrogen-bond donors (Lipinski definition) is 1. The van der Waals surface area contributed by atoms with Crippen LogP contribution in [-0.4, -0.2) is 53.1 Å². The van der Waals surface area contributed by atoms with Gasteiger partial charge in [0.2, 0.25) is 0 Å². The zero-order chi connectivity index (χ0) is 25.5. The molecule has 7 heteroatoms. The Labute approximate surface area is 226 Å². The van der Waals surface area contributed by atoms with E-state index in [9.17, 15) is 4.39 Å². The fourth-order valence-electron chi connectivity index (χ4n) is 6.19. The largest absolute Gasteiger partial charge is 0.376 e. The number of aromatic nitrogens is 1. The monoisotopic (exact) mass is 530 g/mol. The molecule has 3 fully saturated rings. The molecule has 2 N–H and O–H groups in total. The number of nitrogens with two attached hydrogens (primary N) is 1. The van der Waals surface area contributed by atoms with Crippen molar-refractivity contribution in [3.63, 3.8) is 0 Å². The van der Waals surface area contributed by atoms with Crippen LogP contribution in [-0.2, 0) is 5.41 Å². The summed E-state index contributed by atoms with van der Waals surface area (Å²) in [6.45, 7) is 6.59. The molecule has 0 radical (unpaired) electrons. The van der Waals surface area contributed by atoms with Gasteiger partial charge in [-0.05, 0) is 75.5 Å². The van der Waals surface area contributed by atoms with E-state index in [4.69, 9.17) is 22.9 Å². The van der Waals surface area contributed by atoms with E-state index in [2.05, 4.69) is 29.2 Å². The second kappa shape index (κ2) is 12.8. The van der Waals surface area contributed by atoms with Crippen LogP contribution in [0.15, 0.2) is 29.6 Å². The van der Waals surface area contributed by atoms with Crippen molar-refractivity contribution in [1.82, 2.24) is 14.8 Å². The molecule has 4 nitrogen and oxygen atoms in total. The van der Waals surface area contributed by atoms with Gasteiger partial charge < -0.3 is 15.5 Å². The van der Waals surface area contributed by atoms with Gasteiger partial charge in [-0.2, -0.15) is 0 Å². The first-order chi connectivity index (χ1) is 17.4. The number of hydrogen-bond acceptors (Lipinski definition) is 4. The molecule has 198 valence electrons. The molecule has 2 saturated carbocycles. The Morgan fingerprint density at radius 1 is 1.03 bits per heavy atom. The molecule has 0 amide bonds. The normalized spacial score (nSPS) is 24.9. The number of thiocarbonyl (C=S) groups is 1. The maximum atomic E-state index is 14.6. The fraction of sp³-hybridized carbons (Fsp3) is 0.655. The van der Waals surface area contributed by atoms with Crippen LogP contribution in [0.2, 0.25) is 0 Å². The van der Waals surface area contributed by atoms with Gasteiger partial charge in [-0.25, -0.2) is 9.37 Å².